The van der Waals surface area contributed by atoms with Crippen LogP contribution in [0.5, 0.6) is 0 Å². The highest BCUT2D eigenvalue weighted by Crippen LogP contribution is 2.18. The number of nitrogen functional groups attached to an aromatic ring is 8. The number of ether oxygens (including phenoxy) is 1. The van der Waals surface area contributed by atoms with Crippen molar-refractivity contribution in [2.45, 2.75) is 74.1 Å². The lowest BCUT2D eigenvalue weighted by Crippen LogP contribution is -2.13. The van der Waals surface area contributed by atoms with Crippen molar-refractivity contribution >= 4 is 153 Å². The third-order valence-electron chi connectivity index (χ3n) is 15.4. The molecular formula is C60H76BrN41O10. The molecule has 17 rings (SSSR count). The van der Waals surface area contributed by atoms with Crippen LogP contribution >= 0.6 is 15.9 Å². The van der Waals surface area contributed by atoms with Gasteiger partial charge in [-0.25, -0.2) is 44.9 Å². The Morgan fingerprint density at radius 1 is 0.402 bits per heavy atom. The van der Waals surface area contributed by atoms with Crippen LogP contribution in [0.2, 0.25) is 0 Å². The van der Waals surface area contributed by atoms with Crippen LogP contribution in [0.25, 0.3) is 89.3 Å². The van der Waals surface area contributed by atoms with E-state index < -0.39 is 0 Å². The van der Waals surface area contributed by atoms with E-state index in [9.17, 15) is 38.4 Å². The molecule has 112 heavy (non-hydrogen) atoms. The van der Waals surface area contributed by atoms with Crippen LogP contribution in [0, 0.1) is 13.8 Å². The predicted octanol–water partition coefficient (Wildman–Crippen LogP) is -1.72. The zero-order valence-electron chi connectivity index (χ0n) is 60.3. The number of aryl methyl sites for hydroxylation is 8. The molecule has 0 amide bonds. The Morgan fingerprint density at radius 2 is 0.795 bits per heavy atom. The zero-order valence-corrected chi connectivity index (χ0v) is 61.8. The van der Waals surface area contributed by atoms with Crippen LogP contribution in [0.1, 0.15) is 51.7 Å². The summed E-state index contributed by atoms with van der Waals surface area (Å²) in [5.41, 5.74) is 47.3. The van der Waals surface area contributed by atoms with Crippen molar-refractivity contribution in [3.05, 3.63) is 149 Å². The number of hydrogen-bond donors (Lipinski definition) is 16. The zero-order chi connectivity index (χ0) is 80.4. The molecule has 17 aromatic heterocycles. The minimum absolute atomic E-state index is 0. The maximum Gasteiger partial charge on any atom is 0.280 e. The van der Waals surface area contributed by atoms with E-state index >= 15 is 0 Å². The molecule has 0 saturated heterocycles. The lowest BCUT2D eigenvalue weighted by molar-refractivity contribution is 0.188. The van der Waals surface area contributed by atoms with E-state index in [0.29, 0.717) is 114 Å². The minimum atomic E-state index is -0.362. The van der Waals surface area contributed by atoms with E-state index in [2.05, 4.69) is 141 Å². The highest BCUT2D eigenvalue weighted by Gasteiger charge is 2.17. The number of nitrogens with one attached hydrogen (secondary N) is 8. The van der Waals surface area contributed by atoms with Gasteiger partial charge in [0.2, 0.25) is 53.5 Å². The third kappa shape index (κ3) is 18.1. The SMILES string of the molecule is C.CCCn1c(Br)nc2c(=O)[nH]c(N)nc21.CCCn1cnc2c(=O)[nH]c(N)nc21.COCCn1cnc2c(=O)[nH]c(N)nc21.Cc1nc2c(=O)[nH]c(N)nc2n1C.Cc1nc2nc(N)[nH]c(=O)c2n1C.Cn1cnc2c(=O)[nH]c(N)nc21.Cn1cnc2nc(N)[nH]c(=O)c21.Nc1nc2c(ncn2Cc2ncco2)c(=O)[nH]1. The first-order valence-electron chi connectivity index (χ1n) is 32.5. The fourth-order valence-electron chi connectivity index (χ4n) is 10.2. The smallest absolute Gasteiger partial charge is 0.280 e. The van der Waals surface area contributed by atoms with Gasteiger partial charge in [0.15, 0.2) is 94.0 Å². The second kappa shape index (κ2) is 34.6. The third-order valence-corrected chi connectivity index (χ3v) is 16.0. The number of hydrogen-bond acceptors (Lipinski definition) is 35. The van der Waals surface area contributed by atoms with Crippen molar-refractivity contribution < 1.29 is 9.15 Å². The highest BCUT2D eigenvalue weighted by molar-refractivity contribution is 9.10. The summed E-state index contributed by atoms with van der Waals surface area (Å²) < 4.78 is 24.3. The summed E-state index contributed by atoms with van der Waals surface area (Å²) >= 11 is 3.29. The number of methoxy groups -OCH3 is 1. The lowest BCUT2D eigenvalue weighted by atomic mass is 10.4. The Kier molecular flexibility index (Phi) is 25.0. The Morgan fingerprint density at radius 3 is 1.29 bits per heavy atom. The van der Waals surface area contributed by atoms with Gasteiger partial charge in [0, 0.05) is 54.9 Å². The standard InChI is InChI=1S/C9H8N6O2.C8H10BrN5O.C8H11N5O2.C8H11N5O.2C7H9N5O.2C6H7N5O.CH4/c10-9-13-7-6(8(16)14-9)12-4-15(7)3-5-11-1-2-17-5;1-2-3-14-5-4(11-7(14)9)6(15)13-8(10)12-5;1-15-3-2-13-4-10-5-6(13)11-8(9)12-7(5)14;1-2-3-13-4-10-5-6(13)11-8(9)12-7(5)14;1-3-9-5-4(12(3)2)6(13)11-7(8)10-5;1-3-9-4-5(12(3)2)10-7(8)11-6(4)13;1-11-2-8-4-3(11)5(12)10-6(7)9-4;1-11-2-8-3-4(11)9-6(7)10-5(3)12;/h1-2,4H,3H2,(H3,10,13,14,16);2-3H2,1H3,(H3,10,12,13,15);4H,2-3H2,1H3,(H3,9,11,12,14);4H,2-3H2,1H3,(H3,9,11,12,14);2*1-2H3,(H3,8,10,11,13);2*2H,1H3,(H3,7,9,10,12);1H4. The molecule has 0 aromatic carbocycles. The molecule has 0 saturated carbocycles. The number of halogens is 1. The van der Waals surface area contributed by atoms with E-state index in [1.54, 1.807) is 95.4 Å². The quantitative estimate of drug-likeness (QED) is 0.0715. The monoisotopic (exact) mass is 1610 g/mol. The van der Waals surface area contributed by atoms with Crippen LogP contribution in [0.4, 0.5) is 47.6 Å². The van der Waals surface area contributed by atoms with Gasteiger partial charge in [-0.1, -0.05) is 21.3 Å². The van der Waals surface area contributed by atoms with Crippen molar-refractivity contribution in [2.24, 2.45) is 28.2 Å². The Hall–Kier alpha value is -15.2. The topological polar surface area (TPSA) is 752 Å². The van der Waals surface area contributed by atoms with Gasteiger partial charge < -0.3 is 91.6 Å². The molecule has 0 spiro atoms. The first kappa shape index (κ1) is 80.9. The van der Waals surface area contributed by atoms with Crippen LogP contribution < -0.4 is 90.3 Å². The van der Waals surface area contributed by atoms with Crippen molar-refractivity contribution in [1.82, 2.24) is 161 Å². The van der Waals surface area contributed by atoms with Crippen LogP contribution in [-0.2, 0) is 59.1 Å². The summed E-state index contributed by atoms with van der Waals surface area (Å²) in [6.07, 6.45) is 12.6. The fourth-order valence-corrected chi connectivity index (χ4v) is 10.8. The normalized spacial score (nSPS) is 10.8. The Labute approximate surface area is 631 Å². The van der Waals surface area contributed by atoms with E-state index in [1.165, 1.54) is 25.2 Å². The highest BCUT2D eigenvalue weighted by atomic mass is 79.9. The number of fused-ring (bicyclic) bond motifs is 8. The number of nitrogens with two attached hydrogens (primary N) is 8. The first-order valence-corrected chi connectivity index (χ1v) is 33.3. The molecule has 0 atom stereocenters. The van der Waals surface area contributed by atoms with Crippen LogP contribution in [0.15, 0.2) is 91.6 Å². The fraction of sp³-hybridized carbons (Fsp3) is 0.283. The van der Waals surface area contributed by atoms with Crippen LogP contribution in [0.3, 0.4) is 0 Å². The molecule has 0 aliphatic heterocycles. The van der Waals surface area contributed by atoms with Gasteiger partial charge >= 0.3 is 0 Å². The van der Waals surface area contributed by atoms with Crippen LogP contribution in [-0.4, -0.2) is 175 Å². The molecule has 52 heteroatoms. The summed E-state index contributed by atoms with van der Waals surface area (Å²) in [5, 5.41) is 0. The number of rotatable bonds is 9. The molecule has 0 aliphatic rings. The Balaban J connectivity index is 0.000000147. The molecule has 0 bridgehead atoms. The van der Waals surface area contributed by atoms with E-state index in [4.69, 9.17) is 55.0 Å². The number of aromatic nitrogens is 33. The molecule has 0 fully saturated rings. The van der Waals surface area contributed by atoms with E-state index in [1.807, 2.05) is 23.0 Å². The molecule has 24 N–H and O–H groups in total. The molecule has 0 radical (unpaired) electrons. The van der Waals surface area contributed by atoms with Gasteiger partial charge in [0.05, 0.1) is 44.4 Å². The maximum absolute atomic E-state index is 11.5. The summed E-state index contributed by atoms with van der Waals surface area (Å²) in [6.45, 7) is 10.7. The summed E-state index contributed by atoms with van der Waals surface area (Å²) in [7, 11) is 8.63. The molecule has 17 heterocycles. The number of oxazole rings is 1. The van der Waals surface area contributed by atoms with Gasteiger partial charge in [-0.2, -0.15) is 39.9 Å². The van der Waals surface area contributed by atoms with Crippen molar-refractivity contribution in [3.8, 4) is 0 Å². The van der Waals surface area contributed by atoms with E-state index in [0.717, 1.165) is 37.6 Å². The largest absolute Gasteiger partial charge is 0.447 e. The van der Waals surface area contributed by atoms with E-state index in [-0.39, 0.29) is 105 Å². The number of H-pyrrole nitrogens is 8. The number of aromatic amines is 8. The molecule has 51 nitrogen and oxygen atoms in total. The van der Waals surface area contributed by atoms with Gasteiger partial charge in [-0.15, -0.1) is 0 Å². The summed E-state index contributed by atoms with van der Waals surface area (Å²) in [4.78, 5) is 178. The number of nitrogens with zero attached hydrogens (tertiary/aromatic N) is 25. The van der Waals surface area contributed by atoms with Crippen molar-refractivity contribution in [2.75, 3.05) is 59.6 Å². The lowest BCUT2D eigenvalue weighted by Gasteiger charge is -2.01. The summed E-state index contributed by atoms with van der Waals surface area (Å²) in [6, 6.07) is 0. The predicted molar refractivity (Wildman–Crippen MR) is 416 cm³/mol. The van der Waals surface area contributed by atoms with Crippen molar-refractivity contribution in [3.63, 3.8) is 0 Å². The Bertz CT molecular complexity index is 6730. The second-order valence-electron chi connectivity index (χ2n) is 23.3. The number of imidazole rings is 8. The molecule has 588 valence electrons. The van der Waals surface area contributed by atoms with Crippen molar-refractivity contribution in [1.29, 1.82) is 0 Å². The average molecular weight is 1610 g/mol. The van der Waals surface area contributed by atoms with Gasteiger partial charge in [-0.05, 0) is 42.6 Å². The van der Waals surface area contributed by atoms with Gasteiger partial charge in [0.25, 0.3) is 44.5 Å². The van der Waals surface area contributed by atoms with Gasteiger partial charge in [0.1, 0.15) is 24.5 Å². The minimum Gasteiger partial charge on any atom is -0.447 e. The summed E-state index contributed by atoms with van der Waals surface area (Å²) in [5.74, 6) is 2.75. The molecule has 0 unspecified atom stereocenters. The molecule has 17 aromatic rings. The molecular weight excluding hydrogens is 1530 g/mol. The first-order chi connectivity index (χ1) is 52.9. The average Bonchev–Trinajstić information content (AvgIpc) is 1.72. The second-order valence-corrected chi connectivity index (χ2v) is 24.0. The number of anilines is 8. The molecule has 0 aliphatic carbocycles. The maximum atomic E-state index is 11.5. The van der Waals surface area contributed by atoms with Gasteiger partial charge in [-0.3, -0.25) is 78.2 Å².